The molecule has 0 bridgehead atoms. The maximum atomic E-state index is 12.3. The summed E-state index contributed by atoms with van der Waals surface area (Å²) in [7, 11) is 0. The van der Waals surface area contributed by atoms with Crippen LogP contribution in [0.4, 0.5) is 0 Å². The van der Waals surface area contributed by atoms with Crippen molar-refractivity contribution in [2.45, 2.75) is 18.9 Å². The first-order valence-electron chi connectivity index (χ1n) is 8.52. The largest absolute Gasteiger partial charge is 0.492 e. The minimum absolute atomic E-state index is 0.154. The molecule has 1 amide bonds. The van der Waals surface area contributed by atoms with Gasteiger partial charge in [-0.05, 0) is 37.1 Å². The van der Waals surface area contributed by atoms with E-state index in [0.717, 1.165) is 51.3 Å². The van der Waals surface area contributed by atoms with Crippen molar-refractivity contribution in [2.75, 3.05) is 45.9 Å². The van der Waals surface area contributed by atoms with Gasteiger partial charge in [0.05, 0.1) is 11.6 Å². The predicted molar refractivity (Wildman–Crippen MR) is 88.6 cm³/mol. The molecule has 2 fully saturated rings. The molecule has 0 aliphatic carbocycles. The van der Waals surface area contributed by atoms with Gasteiger partial charge in [-0.15, -0.1) is 0 Å². The Morgan fingerprint density at radius 3 is 2.62 bits per heavy atom. The van der Waals surface area contributed by atoms with Gasteiger partial charge in [-0.25, -0.2) is 0 Å². The highest BCUT2D eigenvalue weighted by Gasteiger charge is 2.30. The predicted octanol–water partition coefficient (Wildman–Crippen LogP) is 1.26. The van der Waals surface area contributed by atoms with Crippen LogP contribution in [0.5, 0.6) is 5.75 Å². The summed E-state index contributed by atoms with van der Waals surface area (Å²) in [6.45, 7) is 5.41. The van der Waals surface area contributed by atoms with Crippen LogP contribution >= 0.6 is 0 Å². The third-order valence-electron chi connectivity index (χ3n) is 4.55. The molecule has 6 nitrogen and oxygen atoms in total. The highest BCUT2D eigenvalue weighted by Crippen LogP contribution is 2.16. The molecule has 1 atom stereocenters. The van der Waals surface area contributed by atoms with Crippen molar-refractivity contribution in [3.63, 3.8) is 0 Å². The van der Waals surface area contributed by atoms with E-state index in [9.17, 15) is 4.79 Å². The number of hydrogen-bond acceptors (Lipinski definition) is 5. The maximum Gasteiger partial charge on any atom is 0.251 e. The molecule has 0 saturated carbocycles. The van der Waals surface area contributed by atoms with Crippen LogP contribution in [0.3, 0.4) is 0 Å². The molecule has 0 aromatic heterocycles. The third-order valence-corrected chi connectivity index (χ3v) is 4.55. The lowest BCUT2D eigenvalue weighted by molar-refractivity contribution is -0.142. The van der Waals surface area contributed by atoms with Crippen molar-refractivity contribution < 1.29 is 14.3 Å². The summed E-state index contributed by atoms with van der Waals surface area (Å²) in [5, 5.41) is 8.77. The lowest BCUT2D eigenvalue weighted by atomic mass is 10.2. The van der Waals surface area contributed by atoms with Crippen LogP contribution in [0.15, 0.2) is 24.3 Å². The molecule has 0 spiro atoms. The Hall–Kier alpha value is -2.10. The Balaban J connectivity index is 1.36. The molecule has 2 saturated heterocycles. The number of piperazine rings is 1. The Kier molecular flexibility index (Phi) is 5.68. The monoisotopic (exact) mass is 329 g/mol. The summed E-state index contributed by atoms with van der Waals surface area (Å²) < 4.78 is 11.2. The second-order valence-corrected chi connectivity index (χ2v) is 6.15. The Bertz CT molecular complexity index is 583. The van der Waals surface area contributed by atoms with Gasteiger partial charge >= 0.3 is 0 Å². The van der Waals surface area contributed by atoms with Crippen molar-refractivity contribution in [1.29, 1.82) is 5.26 Å². The molecule has 0 radical (unpaired) electrons. The highest BCUT2D eigenvalue weighted by atomic mass is 16.5. The SMILES string of the molecule is N#Cc1ccc(OCCN2CCN(C(=O)[C@@H]3CCCO3)CC2)cc1. The molecule has 0 N–H and O–H groups in total. The van der Waals surface area contributed by atoms with Crippen molar-refractivity contribution in [2.24, 2.45) is 0 Å². The Morgan fingerprint density at radius 1 is 1.25 bits per heavy atom. The van der Waals surface area contributed by atoms with Gasteiger partial charge in [-0.1, -0.05) is 0 Å². The summed E-state index contributed by atoms with van der Waals surface area (Å²) in [5.74, 6) is 0.933. The first-order chi connectivity index (χ1) is 11.8. The molecule has 0 unspecified atom stereocenters. The van der Waals surface area contributed by atoms with Crippen LogP contribution in [0, 0.1) is 11.3 Å². The number of nitriles is 1. The minimum atomic E-state index is -0.212. The van der Waals surface area contributed by atoms with Gasteiger partial charge < -0.3 is 14.4 Å². The second-order valence-electron chi connectivity index (χ2n) is 6.15. The zero-order valence-electron chi connectivity index (χ0n) is 13.8. The normalized spacial score (nSPS) is 21.5. The number of amides is 1. The Morgan fingerprint density at radius 2 is 2.00 bits per heavy atom. The van der Waals surface area contributed by atoms with Crippen LogP contribution in [0.1, 0.15) is 18.4 Å². The molecular weight excluding hydrogens is 306 g/mol. The van der Waals surface area contributed by atoms with Gasteiger partial charge in [0.1, 0.15) is 18.5 Å². The van der Waals surface area contributed by atoms with Gasteiger partial charge in [-0.2, -0.15) is 5.26 Å². The van der Waals surface area contributed by atoms with E-state index in [1.807, 2.05) is 17.0 Å². The smallest absolute Gasteiger partial charge is 0.251 e. The van der Waals surface area contributed by atoms with Crippen LogP contribution in [-0.2, 0) is 9.53 Å². The number of ether oxygens (including phenoxy) is 2. The summed E-state index contributed by atoms with van der Waals surface area (Å²) in [4.78, 5) is 16.5. The number of carbonyl (C=O) groups excluding carboxylic acids is 1. The van der Waals surface area contributed by atoms with Gasteiger partial charge in [0, 0.05) is 39.3 Å². The first kappa shape index (κ1) is 16.7. The lowest BCUT2D eigenvalue weighted by Gasteiger charge is -2.35. The summed E-state index contributed by atoms with van der Waals surface area (Å²) in [5.41, 5.74) is 0.634. The molecule has 2 heterocycles. The van der Waals surface area contributed by atoms with E-state index < -0.39 is 0 Å². The fraction of sp³-hybridized carbons (Fsp3) is 0.556. The van der Waals surface area contributed by atoms with E-state index in [0.29, 0.717) is 18.8 Å². The molecule has 1 aromatic rings. The molecular formula is C18H23N3O3. The highest BCUT2D eigenvalue weighted by molar-refractivity contribution is 5.81. The molecule has 3 rings (SSSR count). The lowest BCUT2D eigenvalue weighted by Crippen LogP contribution is -2.52. The maximum absolute atomic E-state index is 12.3. The van der Waals surface area contributed by atoms with Crippen molar-refractivity contribution in [1.82, 2.24) is 9.80 Å². The minimum Gasteiger partial charge on any atom is -0.492 e. The molecule has 6 heteroatoms. The van der Waals surface area contributed by atoms with E-state index in [2.05, 4.69) is 11.0 Å². The van der Waals surface area contributed by atoms with E-state index in [-0.39, 0.29) is 12.0 Å². The molecule has 2 aliphatic rings. The number of carbonyl (C=O) groups is 1. The quantitative estimate of drug-likeness (QED) is 0.814. The molecule has 1 aromatic carbocycles. The van der Waals surface area contributed by atoms with Gasteiger partial charge in [0.25, 0.3) is 5.91 Å². The average Bonchev–Trinajstić information content (AvgIpc) is 3.17. The Labute approximate surface area is 142 Å². The van der Waals surface area contributed by atoms with Crippen LogP contribution in [-0.4, -0.2) is 67.7 Å². The van der Waals surface area contributed by atoms with E-state index in [4.69, 9.17) is 14.7 Å². The fourth-order valence-corrected chi connectivity index (χ4v) is 3.09. The van der Waals surface area contributed by atoms with Gasteiger partial charge in [-0.3, -0.25) is 9.69 Å². The van der Waals surface area contributed by atoms with E-state index in [1.165, 1.54) is 0 Å². The number of rotatable bonds is 5. The van der Waals surface area contributed by atoms with Crippen LogP contribution in [0.25, 0.3) is 0 Å². The number of nitrogens with zero attached hydrogens (tertiary/aromatic N) is 3. The molecule has 24 heavy (non-hydrogen) atoms. The van der Waals surface area contributed by atoms with Crippen LogP contribution < -0.4 is 4.74 Å². The van der Waals surface area contributed by atoms with Crippen molar-refractivity contribution in [3.05, 3.63) is 29.8 Å². The number of hydrogen-bond donors (Lipinski definition) is 0. The summed E-state index contributed by atoms with van der Waals surface area (Å²) >= 11 is 0. The van der Waals surface area contributed by atoms with Crippen molar-refractivity contribution in [3.8, 4) is 11.8 Å². The third kappa shape index (κ3) is 4.25. The average molecular weight is 329 g/mol. The topological polar surface area (TPSA) is 65.8 Å². The van der Waals surface area contributed by atoms with Crippen LogP contribution in [0.2, 0.25) is 0 Å². The second kappa shape index (κ2) is 8.13. The summed E-state index contributed by atoms with van der Waals surface area (Å²) in [6, 6.07) is 9.23. The molecule has 128 valence electrons. The number of benzene rings is 1. The van der Waals surface area contributed by atoms with Crippen molar-refractivity contribution >= 4 is 5.91 Å². The van der Waals surface area contributed by atoms with Gasteiger partial charge in [0.2, 0.25) is 0 Å². The zero-order chi connectivity index (χ0) is 16.8. The first-order valence-corrected chi connectivity index (χ1v) is 8.52. The summed E-state index contributed by atoms with van der Waals surface area (Å²) in [6.07, 6.45) is 1.64. The fourth-order valence-electron chi connectivity index (χ4n) is 3.09. The van der Waals surface area contributed by atoms with E-state index in [1.54, 1.807) is 12.1 Å². The van der Waals surface area contributed by atoms with E-state index >= 15 is 0 Å². The molecule has 2 aliphatic heterocycles. The van der Waals surface area contributed by atoms with Gasteiger partial charge in [0.15, 0.2) is 0 Å². The zero-order valence-corrected chi connectivity index (χ0v) is 13.8. The standard InChI is InChI=1S/C18H23N3O3/c19-14-15-3-5-16(6-4-15)23-13-11-20-7-9-21(10-8-20)18(22)17-2-1-12-24-17/h3-6,17H,1-2,7-13H2/t17-/m0/s1.